The van der Waals surface area contributed by atoms with Crippen molar-refractivity contribution in [3.8, 4) is 0 Å². The van der Waals surface area contributed by atoms with Crippen molar-refractivity contribution >= 4 is 0 Å². The van der Waals surface area contributed by atoms with E-state index in [9.17, 15) is 0 Å². The Bertz CT molecular complexity index is 106. The van der Waals surface area contributed by atoms with Crippen molar-refractivity contribution in [2.45, 2.75) is 60.8 Å². The summed E-state index contributed by atoms with van der Waals surface area (Å²) < 4.78 is 0. The zero-order valence-electron chi connectivity index (χ0n) is 9.78. The highest BCUT2D eigenvalue weighted by Gasteiger charge is 2.20. The summed E-state index contributed by atoms with van der Waals surface area (Å²) in [6.45, 7) is 14.0. The van der Waals surface area contributed by atoms with E-state index in [0.717, 1.165) is 11.8 Å². The van der Waals surface area contributed by atoms with Crippen molar-refractivity contribution in [1.82, 2.24) is 0 Å². The Labute approximate surface area is 78.8 Å². The van der Waals surface area contributed by atoms with Gasteiger partial charge in [-0.15, -0.1) is 0 Å². The van der Waals surface area contributed by atoms with Gasteiger partial charge in [0.2, 0.25) is 0 Å². The van der Waals surface area contributed by atoms with E-state index in [1.54, 1.807) is 0 Å². The molecule has 0 saturated heterocycles. The summed E-state index contributed by atoms with van der Waals surface area (Å²) >= 11 is 0. The minimum absolute atomic E-state index is 0.504. The maximum absolute atomic E-state index is 2.35. The summed E-state index contributed by atoms with van der Waals surface area (Å²) in [4.78, 5) is 0. The molecule has 0 aliphatic heterocycles. The molecule has 0 nitrogen and oxygen atoms in total. The molecule has 0 saturated carbocycles. The lowest BCUT2D eigenvalue weighted by Gasteiger charge is -2.28. The molecule has 1 atom stereocenters. The molecule has 0 amide bonds. The molecular weight excluding hydrogens is 144 g/mol. The van der Waals surface area contributed by atoms with Crippen LogP contribution in [-0.2, 0) is 0 Å². The molecule has 0 heteroatoms. The molecule has 12 heavy (non-hydrogen) atoms. The zero-order valence-corrected chi connectivity index (χ0v) is 9.78. The van der Waals surface area contributed by atoms with Gasteiger partial charge in [0, 0.05) is 0 Å². The Kier molecular flexibility index (Phi) is 4.89. The molecule has 1 unspecified atom stereocenters. The summed E-state index contributed by atoms with van der Waals surface area (Å²) in [7, 11) is 0. The molecular formula is C12H26. The first-order chi connectivity index (χ1) is 5.37. The molecule has 0 aromatic carbocycles. The van der Waals surface area contributed by atoms with Gasteiger partial charge in [-0.05, 0) is 23.7 Å². The lowest BCUT2D eigenvalue weighted by molar-refractivity contribution is 0.230. The van der Waals surface area contributed by atoms with E-state index in [2.05, 4.69) is 41.5 Å². The Morgan fingerprint density at radius 1 is 1.08 bits per heavy atom. The second kappa shape index (κ2) is 4.89. The molecule has 0 aliphatic rings. The molecule has 0 fully saturated rings. The van der Waals surface area contributed by atoms with Gasteiger partial charge in [-0.1, -0.05) is 54.4 Å². The van der Waals surface area contributed by atoms with E-state index in [-0.39, 0.29) is 0 Å². The summed E-state index contributed by atoms with van der Waals surface area (Å²) in [5, 5.41) is 0. The molecule has 0 spiro atoms. The Hall–Kier alpha value is 0. The first kappa shape index (κ1) is 12.0. The van der Waals surface area contributed by atoms with Gasteiger partial charge in [0.25, 0.3) is 0 Å². The minimum atomic E-state index is 0.504. The Balaban J connectivity index is 3.95. The van der Waals surface area contributed by atoms with Crippen LogP contribution in [0.5, 0.6) is 0 Å². The van der Waals surface area contributed by atoms with Gasteiger partial charge in [-0.3, -0.25) is 0 Å². The number of hydrogen-bond donors (Lipinski definition) is 0. The van der Waals surface area contributed by atoms with E-state index < -0.39 is 0 Å². The molecule has 0 aromatic heterocycles. The van der Waals surface area contributed by atoms with Crippen LogP contribution in [0.15, 0.2) is 0 Å². The van der Waals surface area contributed by atoms with Crippen LogP contribution in [0.4, 0.5) is 0 Å². The average molecular weight is 170 g/mol. The van der Waals surface area contributed by atoms with Gasteiger partial charge >= 0.3 is 0 Å². The summed E-state index contributed by atoms with van der Waals surface area (Å²) in [5.41, 5.74) is 0.504. The highest BCUT2D eigenvalue weighted by atomic mass is 14.3. The van der Waals surface area contributed by atoms with E-state index in [0.29, 0.717) is 5.41 Å². The fraction of sp³-hybridized carbons (Fsp3) is 1.00. The van der Waals surface area contributed by atoms with Crippen LogP contribution in [0, 0.1) is 17.3 Å². The SMILES string of the molecule is CCCC(CC(C)(C)C)C(C)C. The van der Waals surface area contributed by atoms with Crippen LogP contribution >= 0.6 is 0 Å². The predicted molar refractivity (Wildman–Crippen MR) is 57.3 cm³/mol. The Morgan fingerprint density at radius 2 is 1.58 bits per heavy atom. The maximum Gasteiger partial charge on any atom is -0.0380 e. The van der Waals surface area contributed by atoms with E-state index >= 15 is 0 Å². The second-order valence-electron chi connectivity index (χ2n) is 5.56. The molecule has 0 radical (unpaired) electrons. The first-order valence-corrected chi connectivity index (χ1v) is 5.37. The van der Waals surface area contributed by atoms with Crippen molar-refractivity contribution in [1.29, 1.82) is 0 Å². The van der Waals surface area contributed by atoms with Gasteiger partial charge < -0.3 is 0 Å². The quantitative estimate of drug-likeness (QED) is 0.583. The highest BCUT2D eigenvalue weighted by Crippen LogP contribution is 2.31. The zero-order chi connectivity index (χ0) is 9.78. The molecule has 0 rings (SSSR count). The normalized spacial score (nSPS) is 15.2. The maximum atomic E-state index is 2.35. The largest absolute Gasteiger partial charge is 0.0654 e. The van der Waals surface area contributed by atoms with Crippen molar-refractivity contribution < 1.29 is 0 Å². The van der Waals surface area contributed by atoms with Crippen LogP contribution in [0.3, 0.4) is 0 Å². The lowest BCUT2D eigenvalue weighted by Crippen LogP contribution is -2.17. The van der Waals surface area contributed by atoms with Crippen molar-refractivity contribution in [2.24, 2.45) is 17.3 Å². The summed E-state index contributed by atoms with van der Waals surface area (Å²) in [5.74, 6) is 1.78. The van der Waals surface area contributed by atoms with E-state index in [4.69, 9.17) is 0 Å². The van der Waals surface area contributed by atoms with Gasteiger partial charge in [0.05, 0.1) is 0 Å². The fourth-order valence-corrected chi connectivity index (χ4v) is 1.83. The Morgan fingerprint density at radius 3 is 1.83 bits per heavy atom. The third-order valence-corrected chi connectivity index (χ3v) is 2.48. The van der Waals surface area contributed by atoms with Gasteiger partial charge in [-0.2, -0.15) is 0 Å². The fourth-order valence-electron chi connectivity index (χ4n) is 1.83. The van der Waals surface area contributed by atoms with Crippen LogP contribution in [-0.4, -0.2) is 0 Å². The smallest absolute Gasteiger partial charge is 0.0380 e. The molecule has 0 bridgehead atoms. The van der Waals surface area contributed by atoms with Crippen molar-refractivity contribution in [3.05, 3.63) is 0 Å². The number of hydrogen-bond acceptors (Lipinski definition) is 0. The van der Waals surface area contributed by atoms with Gasteiger partial charge in [0.1, 0.15) is 0 Å². The topological polar surface area (TPSA) is 0 Å². The van der Waals surface area contributed by atoms with Gasteiger partial charge in [-0.25, -0.2) is 0 Å². The highest BCUT2D eigenvalue weighted by molar-refractivity contribution is 4.71. The van der Waals surface area contributed by atoms with Crippen LogP contribution in [0.25, 0.3) is 0 Å². The average Bonchev–Trinajstić information content (AvgIpc) is 1.83. The minimum Gasteiger partial charge on any atom is -0.0654 e. The molecule has 0 heterocycles. The standard InChI is InChI=1S/C12H26/c1-7-8-11(10(2)3)9-12(4,5)6/h10-11H,7-9H2,1-6H3. The van der Waals surface area contributed by atoms with E-state index in [1.165, 1.54) is 19.3 Å². The van der Waals surface area contributed by atoms with E-state index in [1.807, 2.05) is 0 Å². The third-order valence-electron chi connectivity index (χ3n) is 2.48. The molecule has 74 valence electrons. The van der Waals surface area contributed by atoms with Crippen LogP contribution < -0.4 is 0 Å². The summed E-state index contributed by atoms with van der Waals surface area (Å²) in [6, 6.07) is 0. The van der Waals surface area contributed by atoms with Crippen molar-refractivity contribution in [2.75, 3.05) is 0 Å². The molecule has 0 aromatic rings. The van der Waals surface area contributed by atoms with Crippen LogP contribution in [0.2, 0.25) is 0 Å². The molecule has 0 aliphatic carbocycles. The van der Waals surface area contributed by atoms with Crippen LogP contribution in [0.1, 0.15) is 60.8 Å². The molecule has 0 N–H and O–H groups in total. The number of rotatable bonds is 4. The first-order valence-electron chi connectivity index (χ1n) is 5.37. The second-order valence-corrected chi connectivity index (χ2v) is 5.56. The van der Waals surface area contributed by atoms with Crippen molar-refractivity contribution in [3.63, 3.8) is 0 Å². The summed E-state index contributed by atoms with van der Waals surface area (Å²) in [6.07, 6.45) is 4.10. The lowest BCUT2D eigenvalue weighted by atomic mass is 9.78. The third kappa shape index (κ3) is 5.62. The predicted octanol–water partition coefficient (Wildman–Crippen LogP) is 4.49. The van der Waals surface area contributed by atoms with Gasteiger partial charge in [0.15, 0.2) is 0 Å². The monoisotopic (exact) mass is 170 g/mol.